The van der Waals surface area contributed by atoms with E-state index in [0.29, 0.717) is 23.7 Å². The first-order valence-corrected chi connectivity index (χ1v) is 14.5. The van der Waals surface area contributed by atoms with Crippen LogP contribution in [-0.2, 0) is 16.5 Å². The van der Waals surface area contributed by atoms with Crippen LogP contribution in [0.5, 0.6) is 0 Å². The van der Waals surface area contributed by atoms with E-state index in [9.17, 15) is 13.0 Å². The fourth-order valence-corrected chi connectivity index (χ4v) is 5.99. The minimum absolute atomic E-state index is 0.0156. The van der Waals surface area contributed by atoms with Crippen molar-refractivity contribution in [1.29, 1.82) is 0 Å². The molecular formula is C30H46O3S. The van der Waals surface area contributed by atoms with Crippen LogP contribution < -0.4 is 0 Å². The van der Waals surface area contributed by atoms with Crippen molar-refractivity contribution in [3.05, 3.63) is 64.2 Å². The van der Waals surface area contributed by atoms with Gasteiger partial charge in [-0.1, -0.05) is 104 Å². The van der Waals surface area contributed by atoms with Crippen molar-refractivity contribution in [3.63, 3.8) is 0 Å². The minimum atomic E-state index is -4.28. The number of rotatable bonds is 12. The highest BCUT2D eigenvalue weighted by Crippen LogP contribution is 2.37. The van der Waals surface area contributed by atoms with Crippen molar-refractivity contribution in [1.82, 2.24) is 0 Å². The van der Waals surface area contributed by atoms with Crippen molar-refractivity contribution in [2.45, 2.75) is 110 Å². The highest BCUT2D eigenvalue weighted by Gasteiger charge is 2.25. The van der Waals surface area contributed by atoms with Crippen LogP contribution in [-0.4, -0.2) is 13.0 Å². The van der Waals surface area contributed by atoms with Crippen LogP contribution in [0.3, 0.4) is 0 Å². The zero-order chi connectivity index (χ0) is 25.6. The lowest BCUT2D eigenvalue weighted by atomic mass is 9.79. The molecule has 0 aliphatic heterocycles. The summed E-state index contributed by atoms with van der Waals surface area (Å²) in [5, 5.41) is 0. The summed E-state index contributed by atoms with van der Waals surface area (Å²) in [5.74, 6) is 1.67. The van der Waals surface area contributed by atoms with E-state index in [1.165, 1.54) is 29.5 Å². The van der Waals surface area contributed by atoms with Crippen LogP contribution in [0.4, 0.5) is 0 Å². The topological polar surface area (TPSA) is 54.4 Å². The van der Waals surface area contributed by atoms with Gasteiger partial charge in [-0.2, -0.15) is 8.42 Å². The molecule has 0 aliphatic rings. The Morgan fingerprint density at radius 1 is 0.912 bits per heavy atom. The van der Waals surface area contributed by atoms with Gasteiger partial charge in [0, 0.05) is 0 Å². The van der Waals surface area contributed by atoms with Crippen molar-refractivity contribution in [3.8, 4) is 0 Å². The second-order valence-electron chi connectivity index (χ2n) is 11.0. The maximum Gasteiger partial charge on any atom is 0.294 e. The molecule has 4 atom stereocenters. The van der Waals surface area contributed by atoms with E-state index in [4.69, 9.17) is 0 Å². The number of benzene rings is 2. The Kier molecular flexibility index (Phi) is 10.4. The minimum Gasteiger partial charge on any atom is -0.282 e. The molecule has 2 rings (SSSR count). The Hall–Kier alpha value is -1.65. The fourth-order valence-electron chi connectivity index (χ4n) is 5.11. The zero-order valence-electron chi connectivity index (χ0n) is 22.6. The number of aryl methyl sites for hydroxylation is 1. The molecule has 2 aromatic rings. The molecule has 0 bridgehead atoms. The van der Waals surface area contributed by atoms with Gasteiger partial charge in [-0.15, -0.1) is 0 Å². The third-order valence-electron chi connectivity index (χ3n) is 7.50. The first-order valence-electron chi connectivity index (χ1n) is 13.1. The largest absolute Gasteiger partial charge is 0.294 e. The summed E-state index contributed by atoms with van der Waals surface area (Å²) in [6, 6.07) is 12.6. The highest BCUT2D eigenvalue weighted by molar-refractivity contribution is 7.85. The van der Waals surface area contributed by atoms with Crippen LogP contribution in [0.25, 0.3) is 0 Å². The highest BCUT2D eigenvalue weighted by atomic mass is 32.2. The SMILES string of the molecule is CCCCC(C)C(C)c1cc(C(C)C)c(S(=O)(=O)O)cc1CC(C)CC(C)c1ccc(C)cc1. The second-order valence-corrected chi connectivity index (χ2v) is 12.4. The average Bonchev–Trinajstić information content (AvgIpc) is 2.76. The van der Waals surface area contributed by atoms with Crippen LogP contribution in [0.1, 0.15) is 120 Å². The summed E-state index contributed by atoms with van der Waals surface area (Å²) in [7, 11) is -4.28. The van der Waals surface area contributed by atoms with Crippen LogP contribution >= 0.6 is 0 Å². The molecule has 0 aromatic heterocycles. The second kappa shape index (κ2) is 12.4. The summed E-state index contributed by atoms with van der Waals surface area (Å²) < 4.78 is 34.6. The summed E-state index contributed by atoms with van der Waals surface area (Å²) in [6.07, 6.45) is 5.36. The summed E-state index contributed by atoms with van der Waals surface area (Å²) in [4.78, 5) is 0.0773. The molecule has 0 fully saturated rings. The van der Waals surface area contributed by atoms with Gasteiger partial charge in [-0.05, 0) is 77.7 Å². The van der Waals surface area contributed by atoms with Crippen LogP contribution in [0.15, 0.2) is 41.3 Å². The Bertz CT molecular complexity index is 1020. The molecule has 190 valence electrons. The summed E-state index contributed by atoms with van der Waals surface area (Å²) >= 11 is 0. The molecule has 0 saturated carbocycles. The average molecular weight is 487 g/mol. The van der Waals surface area contributed by atoms with Gasteiger partial charge in [0.15, 0.2) is 0 Å². The Morgan fingerprint density at radius 3 is 2.06 bits per heavy atom. The molecule has 2 aromatic carbocycles. The quantitative estimate of drug-likeness (QED) is 0.305. The van der Waals surface area contributed by atoms with Gasteiger partial charge in [0.2, 0.25) is 0 Å². The molecular weight excluding hydrogens is 440 g/mol. The lowest BCUT2D eigenvalue weighted by Gasteiger charge is -2.27. The summed E-state index contributed by atoms with van der Waals surface area (Å²) in [6.45, 7) is 17.4. The standard InChI is InChI=1S/C30H46O3S/c1-9-10-11-23(6)25(8)29-19-28(20(2)3)30(34(31,32)33)18-27(29)17-22(5)16-24(7)26-14-12-21(4)13-15-26/h12-15,18-20,22-25H,9-11,16-17H2,1-8H3,(H,31,32,33). The van der Waals surface area contributed by atoms with E-state index in [-0.39, 0.29) is 10.8 Å². The molecule has 0 saturated heterocycles. The lowest BCUT2D eigenvalue weighted by Crippen LogP contribution is -2.15. The Morgan fingerprint density at radius 2 is 1.53 bits per heavy atom. The molecule has 0 radical (unpaired) electrons. The van der Waals surface area contributed by atoms with Gasteiger partial charge in [0.25, 0.3) is 10.1 Å². The van der Waals surface area contributed by atoms with Crippen molar-refractivity contribution < 1.29 is 13.0 Å². The van der Waals surface area contributed by atoms with Gasteiger partial charge >= 0.3 is 0 Å². The molecule has 0 spiro atoms. The predicted octanol–water partition coefficient (Wildman–Crippen LogP) is 8.67. The first-order chi connectivity index (χ1) is 15.8. The monoisotopic (exact) mass is 486 g/mol. The van der Waals surface area contributed by atoms with Gasteiger partial charge in [-0.3, -0.25) is 4.55 Å². The lowest BCUT2D eigenvalue weighted by molar-refractivity contribution is 0.428. The third kappa shape index (κ3) is 7.68. The van der Waals surface area contributed by atoms with E-state index in [0.717, 1.165) is 30.4 Å². The molecule has 34 heavy (non-hydrogen) atoms. The van der Waals surface area contributed by atoms with E-state index in [1.54, 1.807) is 6.07 Å². The molecule has 0 heterocycles. The number of unbranched alkanes of at least 4 members (excludes halogenated alkanes) is 1. The fraction of sp³-hybridized carbons (Fsp3) is 0.600. The van der Waals surface area contributed by atoms with Gasteiger partial charge in [0.05, 0.1) is 4.90 Å². The predicted molar refractivity (Wildman–Crippen MR) is 145 cm³/mol. The molecule has 3 nitrogen and oxygen atoms in total. The Balaban J connectivity index is 2.42. The first kappa shape index (κ1) is 28.6. The van der Waals surface area contributed by atoms with E-state index >= 15 is 0 Å². The van der Waals surface area contributed by atoms with Crippen LogP contribution in [0.2, 0.25) is 0 Å². The van der Waals surface area contributed by atoms with E-state index < -0.39 is 10.1 Å². The molecule has 4 heteroatoms. The van der Waals surface area contributed by atoms with Crippen molar-refractivity contribution in [2.75, 3.05) is 0 Å². The smallest absolute Gasteiger partial charge is 0.282 e. The number of hydrogen-bond donors (Lipinski definition) is 1. The van der Waals surface area contributed by atoms with Crippen LogP contribution in [0, 0.1) is 18.8 Å². The molecule has 4 unspecified atom stereocenters. The Labute approximate surface area is 209 Å². The maximum atomic E-state index is 12.3. The van der Waals surface area contributed by atoms with E-state index in [2.05, 4.69) is 71.9 Å². The van der Waals surface area contributed by atoms with Crippen molar-refractivity contribution >= 4 is 10.1 Å². The van der Waals surface area contributed by atoms with Gasteiger partial charge in [0.1, 0.15) is 0 Å². The third-order valence-corrected chi connectivity index (χ3v) is 8.41. The van der Waals surface area contributed by atoms with Crippen molar-refractivity contribution in [2.24, 2.45) is 11.8 Å². The summed E-state index contributed by atoms with van der Waals surface area (Å²) in [5.41, 5.74) is 5.64. The van der Waals surface area contributed by atoms with Gasteiger partial charge in [-0.25, -0.2) is 0 Å². The number of hydrogen-bond acceptors (Lipinski definition) is 2. The maximum absolute atomic E-state index is 12.3. The molecule has 0 aliphatic carbocycles. The van der Waals surface area contributed by atoms with Gasteiger partial charge < -0.3 is 0 Å². The normalized spacial score (nSPS) is 15.8. The zero-order valence-corrected chi connectivity index (χ0v) is 23.4. The molecule has 0 amide bonds. The molecule has 1 N–H and O–H groups in total. The van der Waals surface area contributed by atoms with E-state index in [1.807, 2.05) is 13.8 Å².